The summed E-state index contributed by atoms with van der Waals surface area (Å²) in [6.45, 7) is 1.72. The fourth-order valence-corrected chi connectivity index (χ4v) is 2.16. The minimum Gasteiger partial charge on any atom is -0.292 e. The summed E-state index contributed by atoms with van der Waals surface area (Å²) >= 11 is 1.19. The number of Topliss-reactive ketones (excluding diaryl/α,β-unsaturated/α-hetero) is 1. The molecule has 2 rings (SSSR count). The van der Waals surface area contributed by atoms with Gasteiger partial charge in [0.05, 0.1) is 4.92 Å². The van der Waals surface area contributed by atoms with Crippen LogP contribution in [0.4, 0.5) is 5.69 Å². The number of hydrogen-bond donors (Lipinski definition) is 1. The van der Waals surface area contributed by atoms with Crippen molar-refractivity contribution in [3.8, 4) is 0 Å². The second kappa shape index (κ2) is 6.53. The topological polar surface area (TPSA) is 102 Å². The van der Waals surface area contributed by atoms with Crippen molar-refractivity contribution in [1.82, 2.24) is 9.78 Å². The molecule has 0 spiro atoms. The molecule has 7 nitrogen and oxygen atoms in total. The molecular formula is C11H11BrN4O3S. The van der Waals surface area contributed by atoms with Crippen LogP contribution < -0.4 is 4.80 Å². The summed E-state index contributed by atoms with van der Waals surface area (Å²) in [6.07, 6.45) is 0. The molecule has 1 heterocycles. The summed E-state index contributed by atoms with van der Waals surface area (Å²) in [5.74, 6) is -0.237. The number of aromatic nitrogens is 2. The van der Waals surface area contributed by atoms with Crippen molar-refractivity contribution in [2.75, 3.05) is 0 Å². The van der Waals surface area contributed by atoms with Crippen LogP contribution in [-0.2, 0) is 6.54 Å². The molecule has 1 aromatic carbocycles. The number of ketones is 1. The molecule has 106 valence electrons. The van der Waals surface area contributed by atoms with Crippen molar-refractivity contribution in [2.45, 2.75) is 13.5 Å². The van der Waals surface area contributed by atoms with Crippen molar-refractivity contribution in [2.24, 2.45) is 0 Å². The Hall–Kier alpha value is -1.87. The quantitative estimate of drug-likeness (QED) is 0.513. The number of non-ortho nitro benzene ring substituents is 1. The number of nitrogens with zero attached hydrogens (tertiary/aromatic N) is 3. The lowest BCUT2D eigenvalue weighted by atomic mass is 10.1. The summed E-state index contributed by atoms with van der Waals surface area (Å²) in [7, 11) is 0. The molecule has 0 aliphatic heterocycles. The van der Waals surface area contributed by atoms with Crippen LogP contribution >= 0.6 is 28.3 Å². The van der Waals surface area contributed by atoms with Gasteiger partial charge in [-0.2, -0.15) is 5.10 Å². The summed E-state index contributed by atoms with van der Waals surface area (Å²) in [4.78, 5) is 22.1. The first-order valence-electron chi connectivity index (χ1n) is 5.34. The molecule has 1 aromatic heterocycles. The number of halogens is 1. The molecule has 0 radical (unpaired) electrons. The number of aryl methyl sites for hydroxylation is 1. The van der Waals surface area contributed by atoms with Crippen molar-refractivity contribution in [3.05, 3.63) is 49.8 Å². The molecule has 2 aromatic rings. The second-order valence-corrected chi connectivity index (χ2v) is 4.99. The summed E-state index contributed by atoms with van der Waals surface area (Å²) in [6, 6.07) is 5.38. The molecular weight excluding hydrogens is 348 g/mol. The minimum absolute atomic E-state index is 0. The SMILES string of the molecule is Br.Cc1nn(CC(=O)c2ccc([N+](=O)[O-])cc2)c(=N)s1. The Morgan fingerprint density at radius 3 is 2.50 bits per heavy atom. The fourth-order valence-electron chi connectivity index (χ4n) is 1.53. The van der Waals surface area contributed by atoms with E-state index in [1.807, 2.05) is 0 Å². The van der Waals surface area contributed by atoms with Crippen LogP contribution in [-0.4, -0.2) is 20.5 Å². The fraction of sp³-hybridized carbons (Fsp3) is 0.182. The highest BCUT2D eigenvalue weighted by molar-refractivity contribution is 8.93. The van der Waals surface area contributed by atoms with Crippen molar-refractivity contribution in [1.29, 1.82) is 5.41 Å². The third kappa shape index (κ3) is 3.58. The molecule has 0 unspecified atom stereocenters. The van der Waals surface area contributed by atoms with E-state index >= 15 is 0 Å². The van der Waals surface area contributed by atoms with Crippen LogP contribution in [0.3, 0.4) is 0 Å². The number of nitro groups is 1. The molecule has 0 atom stereocenters. The van der Waals surface area contributed by atoms with Crippen molar-refractivity contribution < 1.29 is 9.72 Å². The van der Waals surface area contributed by atoms with E-state index < -0.39 is 4.92 Å². The van der Waals surface area contributed by atoms with Crippen LogP contribution in [0.5, 0.6) is 0 Å². The molecule has 9 heteroatoms. The number of hydrogen-bond acceptors (Lipinski definition) is 6. The molecule has 0 aliphatic carbocycles. The number of nitrogens with one attached hydrogen (secondary N) is 1. The third-order valence-electron chi connectivity index (χ3n) is 2.43. The monoisotopic (exact) mass is 358 g/mol. The lowest BCUT2D eigenvalue weighted by molar-refractivity contribution is -0.384. The van der Waals surface area contributed by atoms with E-state index in [0.29, 0.717) is 10.6 Å². The van der Waals surface area contributed by atoms with Gasteiger partial charge >= 0.3 is 0 Å². The van der Waals surface area contributed by atoms with E-state index in [-0.39, 0.29) is 39.8 Å². The van der Waals surface area contributed by atoms with Crippen LogP contribution in [0, 0.1) is 22.4 Å². The van der Waals surface area contributed by atoms with Gasteiger partial charge in [-0.15, -0.1) is 17.0 Å². The Bertz CT molecular complexity index is 692. The lowest BCUT2D eigenvalue weighted by Gasteiger charge is -2.01. The molecule has 0 bridgehead atoms. The van der Waals surface area contributed by atoms with Gasteiger partial charge in [0.1, 0.15) is 11.6 Å². The van der Waals surface area contributed by atoms with E-state index in [1.165, 1.54) is 40.3 Å². The highest BCUT2D eigenvalue weighted by Crippen LogP contribution is 2.12. The van der Waals surface area contributed by atoms with Crippen molar-refractivity contribution in [3.63, 3.8) is 0 Å². The van der Waals surface area contributed by atoms with Crippen LogP contribution in [0.1, 0.15) is 15.4 Å². The zero-order valence-electron chi connectivity index (χ0n) is 10.4. The normalized spacial score (nSPS) is 9.85. The summed E-state index contributed by atoms with van der Waals surface area (Å²) in [5, 5.41) is 22.9. The van der Waals surface area contributed by atoms with Crippen molar-refractivity contribution >= 4 is 39.8 Å². The van der Waals surface area contributed by atoms with Gasteiger partial charge in [0.15, 0.2) is 5.78 Å². The van der Waals surface area contributed by atoms with Gasteiger partial charge in [0.2, 0.25) is 4.80 Å². The first-order valence-corrected chi connectivity index (χ1v) is 6.16. The van der Waals surface area contributed by atoms with Gasteiger partial charge in [0.25, 0.3) is 5.69 Å². The maximum Gasteiger partial charge on any atom is 0.269 e. The lowest BCUT2D eigenvalue weighted by Crippen LogP contribution is -2.21. The van der Waals surface area contributed by atoms with Gasteiger partial charge in [-0.25, -0.2) is 4.68 Å². The molecule has 0 aliphatic rings. The van der Waals surface area contributed by atoms with E-state index in [2.05, 4.69) is 5.10 Å². The van der Waals surface area contributed by atoms with Gasteiger partial charge in [-0.05, 0) is 19.1 Å². The summed E-state index contributed by atoms with van der Waals surface area (Å²) < 4.78 is 1.31. The molecule has 1 N–H and O–H groups in total. The predicted octanol–water partition coefficient (Wildman–Crippen LogP) is 2.10. The molecule has 0 fully saturated rings. The molecule has 0 amide bonds. The van der Waals surface area contributed by atoms with E-state index in [9.17, 15) is 14.9 Å². The maximum absolute atomic E-state index is 11.9. The second-order valence-electron chi connectivity index (χ2n) is 3.81. The highest BCUT2D eigenvalue weighted by Gasteiger charge is 2.11. The Balaban J connectivity index is 0.00000200. The first-order chi connectivity index (χ1) is 8.97. The number of nitro benzene ring substituents is 1. The number of benzene rings is 1. The zero-order chi connectivity index (χ0) is 14.0. The largest absolute Gasteiger partial charge is 0.292 e. The predicted molar refractivity (Wildman–Crippen MR) is 78.4 cm³/mol. The summed E-state index contributed by atoms with van der Waals surface area (Å²) in [5.41, 5.74) is 0.304. The Morgan fingerprint density at radius 2 is 2.05 bits per heavy atom. The standard InChI is InChI=1S/C11H10N4O3S.BrH/c1-7-13-14(11(12)19-7)6-10(16)8-2-4-9(5-3-8)15(17)18;/h2-5,12H,6H2,1H3;1H. The van der Waals surface area contributed by atoms with Crippen LogP contribution in [0.15, 0.2) is 24.3 Å². The Labute approximate surface area is 128 Å². The van der Waals surface area contributed by atoms with Gasteiger partial charge in [-0.1, -0.05) is 11.3 Å². The Kier molecular flexibility index (Phi) is 5.28. The average Bonchev–Trinajstić information content (AvgIpc) is 2.68. The minimum atomic E-state index is -0.519. The number of rotatable bonds is 4. The van der Waals surface area contributed by atoms with E-state index in [0.717, 1.165) is 0 Å². The third-order valence-corrected chi connectivity index (χ3v) is 3.21. The smallest absolute Gasteiger partial charge is 0.269 e. The van der Waals surface area contributed by atoms with E-state index in [4.69, 9.17) is 5.41 Å². The van der Waals surface area contributed by atoms with Gasteiger partial charge in [-0.3, -0.25) is 20.3 Å². The van der Waals surface area contributed by atoms with Crippen LogP contribution in [0.2, 0.25) is 0 Å². The number of carbonyl (C=O) groups excluding carboxylic acids is 1. The number of carbonyl (C=O) groups is 1. The molecule has 0 saturated carbocycles. The van der Waals surface area contributed by atoms with Crippen LogP contribution in [0.25, 0.3) is 0 Å². The molecule has 0 saturated heterocycles. The molecule has 20 heavy (non-hydrogen) atoms. The highest BCUT2D eigenvalue weighted by atomic mass is 79.9. The Morgan fingerprint density at radius 1 is 1.45 bits per heavy atom. The maximum atomic E-state index is 11.9. The average molecular weight is 359 g/mol. The first kappa shape index (κ1) is 16.2. The van der Waals surface area contributed by atoms with Gasteiger partial charge < -0.3 is 0 Å². The zero-order valence-corrected chi connectivity index (χ0v) is 12.9. The van der Waals surface area contributed by atoms with E-state index in [1.54, 1.807) is 6.92 Å². The van der Waals surface area contributed by atoms with Gasteiger partial charge in [0, 0.05) is 17.7 Å².